The van der Waals surface area contributed by atoms with E-state index in [1.165, 1.54) is 4.88 Å². The maximum atomic E-state index is 10.1. The molecule has 0 aliphatic carbocycles. The smallest absolute Gasteiger partial charge is 0.113 e. The Morgan fingerprint density at radius 3 is 2.44 bits per heavy atom. The molecule has 0 fully saturated rings. The Morgan fingerprint density at radius 2 is 1.88 bits per heavy atom. The molecule has 0 amide bonds. The monoisotopic (exact) mass is 272 g/mol. The standard InChI is InChI=1S/C12H10Cl2OS/c1-7-2-5-11(16-7)12(15)8-3-4-9(13)10(14)6-8/h2-6,12,15H,1H3. The zero-order valence-corrected chi connectivity index (χ0v) is 10.9. The highest BCUT2D eigenvalue weighted by molar-refractivity contribution is 7.12. The van der Waals surface area contributed by atoms with E-state index in [9.17, 15) is 5.11 Å². The lowest BCUT2D eigenvalue weighted by Gasteiger charge is -2.09. The lowest BCUT2D eigenvalue weighted by molar-refractivity contribution is 0.224. The van der Waals surface area contributed by atoms with Crippen molar-refractivity contribution >= 4 is 34.5 Å². The second-order valence-electron chi connectivity index (χ2n) is 3.52. The third kappa shape index (κ3) is 2.41. The maximum Gasteiger partial charge on any atom is 0.113 e. The quantitative estimate of drug-likeness (QED) is 0.857. The molecule has 1 aromatic heterocycles. The molecule has 16 heavy (non-hydrogen) atoms. The number of halogens is 2. The predicted octanol–water partition coefficient (Wildman–Crippen LogP) is 4.45. The van der Waals surface area contributed by atoms with Crippen molar-refractivity contribution in [3.05, 3.63) is 55.7 Å². The van der Waals surface area contributed by atoms with Crippen molar-refractivity contribution in [2.75, 3.05) is 0 Å². The Morgan fingerprint density at radius 1 is 1.12 bits per heavy atom. The van der Waals surface area contributed by atoms with Gasteiger partial charge in [0.2, 0.25) is 0 Å². The van der Waals surface area contributed by atoms with Crippen molar-refractivity contribution in [3.8, 4) is 0 Å². The van der Waals surface area contributed by atoms with E-state index in [0.717, 1.165) is 10.4 Å². The van der Waals surface area contributed by atoms with Crippen LogP contribution in [0.15, 0.2) is 30.3 Å². The first-order valence-electron chi connectivity index (χ1n) is 4.77. The summed E-state index contributed by atoms with van der Waals surface area (Å²) in [5, 5.41) is 11.1. The van der Waals surface area contributed by atoms with E-state index in [4.69, 9.17) is 23.2 Å². The van der Waals surface area contributed by atoms with Gasteiger partial charge in [0.25, 0.3) is 0 Å². The van der Waals surface area contributed by atoms with Gasteiger partial charge in [-0.25, -0.2) is 0 Å². The van der Waals surface area contributed by atoms with Crippen LogP contribution >= 0.6 is 34.5 Å². The Kier molecular flexibility index (Phi) is 3.55. The van der Waals surface area contributed by atoms with Gasteiger partial charge in [0.05, 0.1) is 10.0 Å². The first-order valence-corrected chi connectivity index (χ1v) is 6.34. The Bertz CT molecular complexity index is 507. The molecule has 2 aromatic rings. The molecule has 1 nitrogen and oxygen atoms in total. The fourth-order valence-corrected chi connectivity index (χ4v) is 2.65. The third-order valence-electron chi connectivity index (χ3n) is 2.29. The van der Waals surface area contributed by atoms with Crippen LogP contribution in [0.3, 0.4) is 0 Å². The molecule has 1 unspecified atom stereocenters. The van der Waals surface area contributed by atoms with E-state index in [0.29, 0.717) is 10.0 Å². The molecule has 84 valence electrons. The lowest BCUT2D eigenvalue weighted by atomic mass is 10.1. The Balaban J connectivity index is 2.33. The SMILES string of the molecule is Cc1ccc(C(O)c2ccc(Cl)c(Cl)c2)s1. The first-order chi connectivity index (χ1) is 7.58. The van der Waals surface area contributed by atoms with E-state index >= 15 is 0 Å². The van der Waals surface area contributed by atoms with Gasteiger partial charge in [-0.1, -0.05) is 29.3 Å². The van der Waals surface area contributed by atoms with Crippen LogP contribution in [-0.4, -0.2) is 5.11 Å². The lowest BCUT2D eigenvalue weighted by Crippen LogP contribution is -1.96. The highest BCUT2D eigenvalue weighted by Crippen LogP contribution is 2.31. The van der Waals surface area contributed by atoms with Crippen LogP contribution in [0.2, 0.25) is 10.0 Å². The van der Waals surface area contributed by atoms with Gasteiger partial charge >= 0.3 is 0 Å². The highest BCUT2D eigenvalue weighted by Gasteiger charge is 2.13. The van der Waals surface area contributed by atoms with Crippen molar-refractivity contribution < 1.29 is 5.11 Å². The number of benzene rings is 1. The second kappa shape index (κ2) is 4.76. The van der Waals surface area contributed by atoms with Gasteiger partial charge in [-0.3, -0.25) is 0 Å². The van der Waals surface area contributed by atoms with Crippen LogP contribution in [0.4, 0.5) is 0 Å². The molecule has 1 heterocycles. The van der Waals surface area contributed by atoms with Crippen LogP contribution in [0.25, 0.3) is 0 Å². The molecule has 1 N–H and O–H groups in total. The fourth-order valence-electron chi connectivity index (χ4n) is 1.45. The molecular formula is C12H10Cl2OS. The van der Waals surface area contributed by atoms with Crippen LogP contribution in [0, 0.1) is 6.92 Å². The fraction of sp³-hybridized carbons (Fsp3) is 0.167. The molecule has 1 aromatic carbocycles. The number of hydrogen-bond acceptors (Lipinski definition) is 2. The summed E-state index contributed by atoms with van der Waals surface area (Å²) in [6.07, 6.45) is -0.631. The van der Waals surface area contributed by atoms with Gasteiger partial charge in [0.15, 0.2) is 0 Å². The zero-order chi connectivity index (χ0) is 11.7. The third-order valence-corrected chi connectivity index (χ3v) is 4.08. The number of aliphatic hydroxyl groups is 1. The molecule has 0 saturated heterocycles. The van der Waals surface area contributed by atoms with Crippen molar-refractivity contribution in [2.24, 2.45) is 0 Å². The van der Waals surface area contributed by atoms with Crippen LogP contribution in [-0.2, 0) is 0 Å². The summed E-state index contributed by atoms with van der Waals surface area (Å²) in [5.41, 5.74) is 0.760. The minimum Gasteiger partial charge on any atom is -0.383 e. The van der Waals surface area contributed by atoms with Crippen molar-refractivity contribution in [1.82, 2.24) is 0 Å². The largest absolute Gasteiger partial charge is 0.383 e. The molecule has 0 radical (unpaired) electrons. The zero-order valence-electron chi connectivity index (χ0n) is 8.58. The van der Waals surface area contributed by atoms with E-state index in [1.807, 2.05) is 19.1 Å². The maximum absolute atomic E-state index is 10.1. The van der Waals surface area contributed by atoms with Crippen molar-refractivity contribution in [3.63, 3.8) is 0 Å². The van der Waals surface area contributed by atoms with Gasteiger partial charge in [0.1, 0.15) is 6.10 Å². The first kappa shape index (κ1) is 11.9. The Hall–Kier alpha value is -0.540. The summed E-state index contributed by atoms with van der Waals surface area (Å²) in [7, 11) is 0. The highest BCUT2D eigenvalue weighted by atomic mass is 35.5. The Labute approximate surface area is 108 Å². The summed E-state index contributed by atoms with van der Waals surface area (Å²) in [6, 6.07) is 9.09. The minimum absolute atomic E-state index is 0.464. The van der Waals surface area contributed by atoms with E-state index < -0.39 is 6.10 Å². The number of aliphatic hydroxyl groups excluding tert-OH is 1. The number of thiophene rings is 1. The normalized spacial score (nSPS) is 12.8. The molecule has 0 spiro atoms. The molecule has 0 bridgehead atoms. The molecule has 0 aliphatic heterocycles. The minimum atomic E-state index is -0.631. The van der Waals surface area contributed by atoms with Crippen molar-refractivity contribution in [1.29, 1.82) is 0 Å². The molecule has 2 rings (SSSR count). The molecule has 0 aliphatic rings. The van der Waals surface area contributed by atoms with E-state index in [-0.39, 0.29) is 0 Å². The summed E-state index contributed by atoms with van der Waals surface area (Å²) in [6.45, 7) is 2.01. The van der Waals surface area contributed by atoms with Crippen LogP contribution in [0.5, 0.6) is 0 Å². The van der Waals surface area contributed by atoms with Crippen LogP contribution < -0.4 is 0 Å². The molecule has 1 atom stereocenters. The number of aryl methyl sites for hydroxylation is 1. The van der Waals surface area contributed by atoms with E-state index in [1.54, 1.807) is 29.5 Å². The summed E-state index contributed by atoms with van der Waals surface area (Å²) >= 11 is 13.3. The van der Waals surface area contributed by atoms with Gasteiger partial charge in [-0.05, 0) is 36.8 Å². The summed E-state index contributed by atoms with van der Waals surface area (Å²) in [4.78, 5) is 2.09. The van der Waals surface area contributed by atoms with Gasteiger partial charge in [-0.15, -0.1) is 11.3 Å². The number of rotatable bonds is 2. The average Bonchev–Trinajstić information content (AvgIpc) is 2.68. The van der Waals surface area contributed by atoms with Gasteiger partial charge in [-0.2, -0.15) is 0 Å². The number of hydrogen-bond donors (Lipinski definition) is 1. The summed E-state index contributed by atoms with van der Waals surface area (Å²) in [5.74, 6) is 0. The van der Waals surface area contributed by atoms with E-state index in [2.05, 4.69) is 0 Å². The van der Waals surface area contributed by atoms with Gasteiger partial charge in [0, 0.05) is 9.75 Å². The molecule has 4 heteroatoms. The van der Waals surface area contributed by atoms with Crippen LogP contribution in [0.1, 0.15) is 21.4 Å². The second-order valence-corrected chi connectivity index (χ2v) is 5.66. The predicted molar refractivity (Wildman–Crippen MR) is 69.6 cm³/mol. The molecular weight excluding hydrogens is 263 g/mol. The topological polar surface area (TPSA) is 20.2 Å². The summed E-state index contributed by atoms with van der Waals surface area (Å²) < 4.78 is 0. The van der Waals surface area contributed by atoms with Gasteiger partial charge < -0.3 is 5.11 Å². The molecule has 0 saturated carbocycles. The van der Waals surface area contributed by atoms with Crippen molar-refractivity contribution in [2.45, 2.75) is 13.0 Å². The average molecular weight is 273 g/mol.